The van der Waals surface area contributed by atoms with Crippen LogP contribution in [0.25, 0.3) is 11.0 Å². The molecule has 22 heavy (non-hydrogen) atoms. The molecule has 0 saturated heterocycles. The van der Waals surface area contributed by atoms with Gasteiger partial charge in [-0.05, 0) is 23.8 Å². The first-order valence-corrected chi connectivity index (χ1v) is 7.46. The van der Waals surface area contributed by atoms with E-state index in [0.717, 1.165) is 47.7 Å². The Balaban J connectivity index is 1.83. The van der Waals surface area contributed by atoms with Crippen LogP contribution in [-0.4, -0.2) is 23.6 Å². The standard InChI is InChI=1S/C17H18N4O/c1-22-15-5-3-2-4-13(15)20-14-7-9-19-17-16(14)11-10-18-8-6-12(11)21-17/h2-5,7,9,18H,6,8,10H2,1H3,(H2,19,20,21). The molecule has 5 nitrogen and oxygen atoms in total. The lowest BCUT2D eigenvalue weighted by atomic mass is 10.1. The van der Waals surface area contributed by atoms with E-state index in [1.165, 1.54) is 11.3 Å². The lowest BCUT2D eigenvalue weighted by molar-refractivity contribution is 0.417. The third-order valence-corrected chi connectivity index (χ3v) is 4.12. The van der Waals surface area contributed by atoms with Gasteiger partial charge in [0, 0.05) is 36.8 Å². The van der Waals surface area contributed by atoms with E-state index in [1.54, 1.807) is 7.11 Å². The molecule has 3 N–H and O–H groups in total. The highest BCUT2D eigenvalue weighted by Gasteiger charge is 2.18. The summed E-state index contributed by atoms with van der Waals surface area (Å²) in [7, 11) is 1.69. The number of methoxy groups -OCH3 is 1. The zero-order chi connectivity index (χ0) is 14.9. The van der Waals surface area contributed by atoms with Crippen molar-refractivity contribution in [1.82, 2.24) is 15.3 Å². The molecule has 0 radical (unpaired) electrons. The van der Waals surface area contributed by atoms with Gasteiger partial charge in [-0.25, -0.2) is 4.98 Å². The van der Waals surface area contributed by atoms with Crippen molar-refractivity contribution in [2.24, 2.45) is 0 Å². The molecule has 0 atom stereocenters. The smallest absolute Gasteiger partial charge is 0.142 e. The van der Waals surface area contributed by atoms with Crippen LogP contribution in [0.5, 0.6) is 5.75 Å². The Morgan fingerprint density at radius 3 is 3.00 bits per heavy atom. The van der Waals surface area contributed by atoms with E-state index in [0.29, 0.717) is 0 Å². The Labute approximate surface area is 128 Å². The zero-order valence-corrected chi connectivity index (χ0v) is 12.4. The van der Waals surface area contributed by atoms with E-state index in [4.69, 9.17) is 4.74 Å². The lowest BCUT2D eigenvalue weighted by Gasteiger charge is -2.15. The van der Waals surface area contributed by atoms with Gasteiger partial charge in [-0.1, -0.05) is 12.1 Å². The predicted octanol–water partition coefficient (Wildman–Crippen LogP) is 2.96. The second kappa shape index (κ2) is 5.35. The molecule has 3 heterocycles. The molecule has 0 saturated carbocycles. The van der Waals surface area contributed by atoms with Gasteiger partial charge in [0.1, 0.15) is 11.4 Å². The maximum absolute atomic E-state index is 5.43. The van der Waals surface area contributed by atoms with Crippen LogP contribution >= 0.6 is 0 Å². The molecule has 0 aliphatic carbocycles. The van der Waals surface area contributed by atoms with Gasteiger partial charge in [-0.15, -0.1) is 0 Å². The fourth-order valence-corrected chi connectivity index (χ4v) is 3.06. The molecule has 4 rings (SSSR count). The normalized spacial score (nSPS) is 13.9. The maximum atomic E-state index is 5.43. The van der Waals surface area contributed by atoms with Gasteiger partial charge in [0.25, 0.3) is 0 Å². The Bertz CT molecular complexity index is 825. The minimum atomic E-state index is 0.829. The van der Waals surface area contributed by atoms with Crippen molar-refractivity contribution in [2.45, 2.75) is 13.0 Å². The van der Waals surface area contributed by atoms with Crippen molar-refractivity contribution in [3.8, 4) is 5.75 Å². The number of fused-ring (bicyclic) bond motifs is 3. The monoisotopic (exact) mass is 294 g/mol. The number of H-pyrrole nitrogens is 1. The maximum Gasteiger partial charge on any atom is 0.142 e. The Kier molecular flexibility index (Phi) is 3.20. The van der Waals surface area contributed by atoms with Crippen LogP contribution in [0.4, 0.5) is 11.4 Å². The van der Waals surface area contributed by atoms with E-state index < -0.39 is 0 Å². The zero-order valence-electron chi connectivity index (χ0n) is 12.4. The molecule has 0 unspecified atom stereocenters. The average molecular weight is 294 g/mol. The quantitative estimate of drug-likeness (QED) is 0.695. The summed E-state index contributed by atoms with van der Waals surface area (Å²) in [4.78, 5) is 7.92. The van der Waals surface area contributed by atoms with Crippen LogP contribution in [0, 0.1) is 0 Å². The number of nitrogens with zero attached hydrogens (tertiary/aromatic N) is 1. The highest BCUT2D eigenvalue weighted by Crippen LogP contribution is 2.34. The average Bonchev–Trinajstić information content (AvgIpc) is 2.95. The summed E-state index contributed by atoms with van der Waals surface area (Å²) in [5.74, 6) is 0.829. The van der Waals surface area contributed by atoms with Crippen molar-refractivity contribution >= 4 is 22.4 Å². The number of benzene rings is 1. The molecule has 0 amide bonds. The second-order valence-corrected chi connectivity index (χ2v) is 5.42. The van der Waals surface area contributed by atoms with E-state index in [-0.39, 0.29) is 0 Å². The largest absolute Gasteiger partial charge is 0.495 e. The molecular weight excluding hydrogens is 276 g/mol. The first-order chi connectivity index (χ1) is 10.9. The number of aromatic amines is 1. The summed E-state index contributed by atoms with van der Waals surface area (Å²) >= 11 is 0. The van der Waals surface area contributed by atoms with Gasteiger partial charge in [-0.2, -0.15) is 0 Å². The summed E-state index contributed by atoms with van der Waals surface area (Å²) in [5, 5.41) is 8.09. The van der Waals surface area contributed by atoms with Crippen LogP contribution in [0.1, 0.15) is 11.3 Å². The van der Waals surface area contributed by atoms with Crippen molar-refractivity contribution < 1.29 is 4.74 Å². The SMILES string of the molecule is COc1ccccc1Nc1ccnc2[nH]c3c(c12)CNCC3. The molecule has 5 heteroatoms. The Morgan fingerprint density at radius 1 is 1.18 bits per heavy atom. The third-order valence-electron chi connectivity index (χ3n) is 4.12. The third kappa shape index (κ3) is 2.10. The van der Waals surface area contributed by atoms with E-state index >= 15 is 0 Å². The molecule has 3 aromatic rings. The minimum absolute atomic E-state index is 0.829. The summed E-state index contributed by atoms with van der Waals surface area (Å²) in [5.41, 5.74) is 5.54. The number of nitrogens with one attached hydrogen (secondary N) is 3. The lowest BCUT2D eigenvalue weighted by Crippen LogP contribution is -2.23. The van der Waals surface area contributed by atoms with Gasteiger partial charge in [0.15, 0.2) is 0 Å². The van der Waals surface area contributed by atoms with Gasteiger partial charge in [0.05, 0.1) is 18.5 Å². The van der Waals surface area contributed by atoms with Gasteiger partial charge in [-0.3, -0.25) is 0 Å². The molecule has 1 aliphatic rings. The summed E-state index contributed by atoms with van der Waals surface area (Å²) in [6.07, 6.45) is 2.84. The van der Waals surface area contributed by atoms with Gasteiger partial charge in [0.2, 0.25) is 0 Å². The van der Waals surface area contributed by atoms with Crippen molar-refractivity contribution in [3.05, 3.63) is 47.8 Å². The molecule has 2 aromatic heterocycles. The van der Waals surface area contributed by atoms with Gasteiger partial charge >= 0.3 is 0 Å². The van der Waals surface area contributed by atoms with Gasteiger partial charge < -0.3 is 20.4 Å². The molecule has 1 aromatic carbocycles. The highest BCUT2D eigenvalue weighted by atomic mass is 16.5. The number of para-hydroxylation sites is 2. The summed E-state index contributed by atoms with van der Waals surface area (Å²) in [6, 6.07) is 9.94. The molecule has 0 bridgehead atoms. The number of pyridine rings is 1. The molecule has 112 valence electrons. The van der Waals surface area contributed by atoms with Crippen molar-refractivity contribution in [3.63, 3.8) is 0 Å². The fraction of sp³-hybridized carbons (Fsp3) is 0.235. The topological polar surface area (TPSA) is 62.0 Å². The number of anilines is 2. The predicted molar refractivity (Wildman–Crippen MR) is 87.8 cm³/mol. The van der Waals surface area contributed by atoms with Crippen LogP contribution in [-0.2, 0) is 13.0 Å². The number of hydrogen-bond acceptors (Lipinski definition) is 4. The first-order valence-electron chi connectivity index (χ1n) is 7.46. The van der Waals surface area contributed by atoms with Crippen LogP contribution < -0.4 is 15.4 Å². The Morgan fingerprint density at radius 2 is 2.09 bits per heavy atom. The number of hydrogen-bond donors (Lipinski definition) is 3. The van der Waals surface area contributed by atoms with Crippen LogP contribution in [0.2, 0.25) is 0 Å². The number of rotatable bonds is 3. The number of aromatic nitrogens is 2. The van der Waals surface area contributed by atoms with Crippen molar-refractivity contribution in [1.29, 1.82) is 0 Å². The second-order valence-electron chi connectivity index (χ2n) is 5.42. The first kappa shape index (κ1) is 13.2. The van der Waals surface area contributed by atoms with E-state index in [2.05, 4.69) is 20.6 Å². The molecule has 0 spiro atoms. The minimum Gasteiger partial charge on any atom is -0.495 e. The van der Waals surface area contributed by atoms with Crippen LogP contribution in [0.3, 0.4) is 0 Å². The fourth-order valence-electron chi connectivity index (χ4n) is 3.06. The van der Waals surface area contributed by atoms with Crippen LogP contribution in [0.15, 0.2) is 36.5 Å². The van der Waals surface area contributed by atoms with Crippen molar-refractivity contribution in [2.75, 3.05) is 19.0 Å². The number of ether oxygens (including phenoxy) is 1. The molecular formula is C17H18N4O. The van der Waals surface area contributed by atoms with E-state index in [1.807, 2.05) is 36.5 Å². The highest BCUT2D eigenvalue weighted by molar-refractivity contribution is 5.95. The molecule has 1 aliphatic heterocycles. The summed E-state index contributed by atoms with van der Waals surface area (Å²) in [6.45, 7) is 1.89. The molecule has 0 fully saturated rings. The van der Waals surface area contributed by atoms with E-state index in [9.17, 15) is 0 Å². The Hall–Kier alpha value is -2.53. The summed E-state index contributed by atoms with van der Waals surface area (Å²) < 4.78 is 5.43.